The molecule has 0 aromatic heterocycles. The summed E-state index contributed by atoms with van der Waals surface area (Å²) in [5.74, 6) is 0.896. The van der Waals surface area contributed by atoms with Crippen LogP contribution in [0.25, 0.3) is 0 Å². The minimum absolute atomic E-state index is 0.379. The van der Waals surface area contributed by atoms with Crippen LogP contribution >= 0.6 is 0 Å². The second-order valence-corrected chi connectivity index (χ2v) is 7.79. The first-order valence-corrected chi connectivity index (χ1v) is 10.3. The first-order chi connectivity index (χ1) is 12.3. The van der Waals surface area contributed by atoms with E-state index in [2.05, 4.69) is 15.6 Å². The Morgan fingerprint density at radius 3 is 2.36 bits per heavy atom. The molecule has 2 aliphatic carbocycles. The van der Waals surface area contributed by atoms with E-state index < -0.39 is 0 Å². The van der Waals surface area contributed by atoms with Gasteiger partial charge < -0.3 is 20.1 Å². The molecule has 2 aliphatic rings. The molecule has 0 radical (unpaired) electrons. The molecule has 0 aromatic carbocycles. The average molecular weight is 354 g/mol. The van der Waals surface area contributed by atoms with Crippen LogP contribution in [0.2, 0.25) is 0 Å². The second-order valence-electron chi connectivity index (χ2n) is 7.79. The van der Waals surface area contributed by atoms with Gasteiger partial charge in [-0.25, -0.2) is 0 Å². The zero-order valence-corrected chi connectivity index (χ0v) is 16.4. The molecule has 2 fully saturated rings. The van der Waals surface area contributed by atoms with Crippen molar-refractivity contribution in [2.75, 3.05) is 40.5 Å². The van der Waals surface area contributed by atoms with E-state index in [4.69, 9.17) is 9.47 Å². The van der Waals surface area contributed by atoms with E-state index in [1.54, 1.807) is 7.11 Å². The van der Waals surface area contributed by atoms with Gasteiger partial charge in [0.05, 0.1) is 12.7 Å². The lowest BCUT2D eigenvalue weighted by molar-refractivity contribution is 0.0468. The molecule has 0 heterocycles. The van der Waals surface area contributed by atoms with E-state index in [-0.39, 0.29) is 0 Å². The molecule has 2 N–H and O–H groups in total. The zero-order chi connectivity index (χ0) is 17.8. The van der Waals surface area contributed by atoms with E-state index in [9.17, 15) is 0 Å². The van der Waals surface area contributed by atoms with E-state index >= 15 is 0 Å². The normalized spacial score (nSPS) is 21.9. The molecule has 0 amide bonds. The Morgan fingerprint density at radius 2 is 1.72 bits per heavy atom. The molecule has 0 unspecified atom stereocenters. The number of rotatable bonds is 9. The van der Waals surface area contributed by atoms with Gasteiger partial charge in [-0.2, -0.15) is 0 Å². The molecule has 0 aliphatic heterocycles. The van der Waals surface area contributed by atoms with E-state index in [1.165, 1.54) is 64.2 Å². The molecule has 2 rings (SSSR count). The molecular formula is C20H39N3O2. The fourth-order valence-corrected chi connectivity index (χ4v) is 4.25. The molecular weight excluding hydrogens is 314 g/mol. The molecule has 0 spiro atoms. The Bertz CT molecular complexity index is 373. The van der Waals surface area contributed by atoms with Gasteiger partial charge >= 0.3 is 0 Å². The molecule has 0 bridgehead atoms. The third-order valence-corrected chi connectivity index (χ3v) is 5.91. The van der Waals surface area contributed by atoms with Crippen LogP contribution in [0.3, 0.4) is 0 Å². The Morgan fingerprint density at radius 1 is 1.00 bits per heavy atom. The summed E-state index contributed by atoms with van der Waals surface area (Å²) in [6.45, 7) is 3.42. The highest BCUT2D eigenvalue weighted by Gasteiger charge is 2.33. The third-order valence-electron chi connectivity index (χ3n) is 5.91. The highest BCUT2D eigenvalue weighted by molar-refractivity contribution is 5.79. The van der Waals surface area contributed by atoms with Crippen molar-refractivity contribution in [3.8, 4) is 0 Å². The summed E-state index contributed by atoms with van der Waals surface area (Å²) in [5, 5.41) is 6.94. The van der Waals surface area contributed by atoms with Gasteiger partial charge in [-0.05, 0) is 37.5 Å². The smallest absolute Gasteiger partial charge is 0.191 e. The van der Waals surface area contributed by atoms with Crippen molar-refractivity contribution in [2.45, 2.75) is 76.7 Å². The van der Waals surface area contributed by atoms with Crippen LogP contribution in [0.15, 0.2) is 4.99 Å². The number of hydrogen-bond donors (Lipinski definition) is 2. The number of nitrogens with one attached hydrogen (secondary N) is 2. The van der Waals surface area contributed by atoms with Gasteiger partial charge in [-0.1, -0.05) is 38.5 Å². The van der Waals surface area contributed by atoms with Crippen molar-refractivity contribution in [2.24, 2.45) is 10.4 Å². The van der Waals surface area contributed by atoms with Gasteiger partial charge in [0.15, 0.2) is 5.96 Å². The monoisotopic (exact) mass is 353 g/mol. The van der Waals surface area contributed by atoms with Crippen molar-refractivity contribution in [3.05, 3.63) is 0 Å². The summed E-state index contributed by atoms with van der Waals surface area (Å²) in [6, 6.07) is 0. The van der Waals surface area contributed by atoms with Crippen LogP contribution in [-0.2, 0) is 9.47 Å². The Hall–Kier alpha value is -0.810. The quantitative estimate of drug-likeness (QED) is 0.288. The van der Waals surface area contributed by atoms with Gasteiger partial charge in [-0.15, -0.1) is 0 Å². The molecule has 2 saturated carbocycles. The summed E-state index contributed by atoms with van der Waals surface area (Å²) in [4.78, 5) is 4.37. The average Bonchev–Trinajstić information content (AvgIpc) is 2.95. The number of hydrogen-bond acceptors (Lipinski definition) is 3. The van der Waals surface area contributed by atoms with Gasteiger partial charge in [0, 0.05) is 33.9 Å². The maximum Gasteiger partial charge on any atom is 0.191 e. The number of guanidine groups is 1. The van der Waals surface area contributed by atoms with Crippen LogP contribution in [0.1, 0.15) is 70.6 Å². The highest BCUT2D eigenvalue weighted by Crippen LogP contribution is 2.40. The number of nitrogens with zero attached hydrogens (tertiary/aromatic N) is 1. The molecule has 0 atom stereocenters. The third kappa shape index (κ3) is 7.53. The minimum Gasteiger partial charge on any atom is -0.385 e. The van der Waals surface area contributed by atoms with E-state index in [0.717, 1.165) is 38.7 Å². The molecule has 5 heteroatoms. The Balaban J connectivity index is 1.64. The predicted octanol–water partition coefficient (Wildman–Crippen LogP) is 3.49. The topological polar surface area (TPSA) is 54.9 Å². The van der Waals surface area contributed by atoms with E-state index in [0.29, 0.717) is 11.5 Å². The van der Waals surface area contributed by atoms with Gasteiger partial charge in [0.1, 0.15) is 0 Å². The zero-order valence-electron chi connectivity index (χ0n) is 16.4. The number of ether oxygens (including phenoxy) is 2. The number of aliphatic imine (C=N–C) groups is 1. The molecule has 5 nitrogen and oxygen atoms in total. The molecule has 146 valence electrons. The van der Waals surface area contributed by atoms with Gasteiger partial charge in [0.25, 0.3) is 0 Å². The highest BCUT2D eigenvalue weighted by atomic mass is 16.5. The maximum absolute atomic E-state index is 6.05. The predicted molar refractivity (Wildman–Crippen MR) is 104 cm³/mol. The lowest BCUT2D eigenvalue weighted by atomic mass is 9.83. The Labute approximate surface area is 154 Å². The van der Waals surface area contributed by atoms with Crippen molar-refractivity contribution >= 4 is 5.96 Å². The van der Waals surface area contributed by atoms with Crippen molar-refractivity contribution < 1.29 is 9.47 Å². The summed E-state index contributed by atoms with van der Waals surface area (Å²) in [6.07, 6.45) is 14.7. The SMILES string of the molecule is CN=C(NCCOC1CCCCCC1)NCC1(CCOC)CCCC1. The first-order valence-electron chi connectivity index (χ1n) is 10.3. The van der Waals surface area contributed by atoms with Crippen LogP contribution < -0.4 is 10.6 Å². The van der Waals surface area contributed by atoms with Gasteiger partial charge in [0.2, 0.25) is 0 Å². The fourth-order valence-electron chi connectivity index (χ4n) is 4.25. The van der Waals surface area contributed by atoms with Gasteiger partial charge in [-0.3, -0.25) is 4.99 Å². The maximum atomic E-state index is 6.05. The van der Waals surface area contributed by atoms with Crippen LogP contribution in [0.5, 0.6) is 0 Å². The molecule has 0 saturated heterocycles. The fraction of sp³-hybridized carbons (Fsp3) is 0.950. The summed E-state index contributed by atoms with van der Waals surface area (Å²) in [5.41, 5.74) is 0.379. The summed E-state index contributed by atoms with van der Waals surface area (Å²) in [7, 11) is 3.64. The largest absolute Gasteiger partial charge is 0.385 e. The molecule has 25 heavy (non-hydrogen) atoms. The minimum atomic E-state index is 0.379. The first kappa shape index (κ1) is 20.5. The standard InChI is InChI=1S/C20H39N3O2/c1-21-19(22-14-16-25-18-9-5-3-4-6-10-18)23-17-20(13-15-24-2)11-7-8-12-20/h18H,3-17H2,1-2H3,(H2,21,22,23). The Kier molecular flexibility index (Phi) is 9.63. The van der Waals surface area contributed by atoms with E-state index in [1.807, 2.05) is 7.05 Å². The van der Waals surface area contributed by atoms with Crippen molar-refractivity contribution in [3.63, 3.8) is 0 Å². The second kappa shape index (κ2) is 11.7. The van der Waals surface area contributed by atoms with Crippen molar-refractivity contribution in [1.82, 2.24) is 10.6 Å². The van der Waals surface area contributed by atoms with Crippen molar-refractivity contribution in [1.29, 1.82) is 0 Å². The van der Waals surface area contributed by atoms with Crippen LogP contribution in [-0.4, -0.2) is 52.5 Å². The number of methoxy groups -OCH3 is 1. The van der Waals surface area contributed by atoms with Crippen LogP contribution in [0.4, 0.5) is 0 Å². The van der Waals surface area contributed by atoms with Crippen LogP contribution in [0, 0.1) is 5.41 Å². The molecule has 0 aromatic rings. The lowest BCUT2D eigenvalue weighted by Gasteiger charge is -2.30. The summed E-state index contributed by atoms with van der Waals surface area (Å²) >= 11 is 0. The summed E-state index contributed by atoms with van der Waals surface area (Å²) < 4.78 is 11.4. The lowest BCUT2D eigenvalue weighted by Crippen LogP contribution is -2.44.